The number of rotatable bonds is 4. The van der Waals surface area contributed by atoms with Gasteiger partial charge in [-0.1, -0.05) is 35.9 Å². The Kier molecular flexibility index (Phi) is 5.16. The van der Waals surface area contributed by atoms with E-state index in [4.69, 9.17) is 16.3 Å². The zero-order valence-corrected chi connectivity index (χ0v) is 13.5. The summed E-state index contributed by atoms with van der Waals surface area (Å²) in [6, 6.07) is 14.7. The number of ether oxygens (including phenoxy) is 1. The van der Waals surface area contributed by atoms with Gasteiger partial charge in [0, 0.05) is 6.54 Å². The topological polar surface area (TPSA) is 50.4 Å². The molecule has 120 valence electrons. The first-order chi connectivity index (χ1) is 11.2. The van der Waals surface area contributed by atoms with E-state index in [-0.39, 0.29) is 11.8 Å². The molecular formula is C18H19ClN2O2. The zero-order valence-electron chi connectivity index (χ0n) is 12.7. The minimum atomic E-state index is -0.00267. The monoisotopic (exact) mass is 330 g/mol. The predicted molar refractivity (Wildman–Crippen MR) is 92.2 cm³/mol. The van der Waals surface area contributed by atoms with Gasteiger partial charge in [-0.3, -0.25) is 4.79 Å². The summed E-state index contributed by atoms with van der Waals surface area (Å²) < 4.78 is 5.87. The number of halogens is 1. The van der Waals surface area contributed by atoms with Gasteiger partial charge in [0.25, 0.3) is 0 Å². The SMILES string of the molecule is O=C(Nc1ccccc1Oc1ccccc1Cl)C1CCCNC1. The van der Waals surface area contributed by atoms with Crippen molar-refractivity contribution in [3.63, 3.8) is 0 Å². The standard InChI is InChI=1S/C18H19ClN2O2/c19-14-7-1-3-9-16(14)23-17-10-4-2-8-15(17)21-18(22)13-6-5-11-20-12-13/h1-4,7-10,13,20H,5-6,11-12H2,(H,21,22). The van der Waals surface area contributed by atoms with Crippen molar-refractivity contribution in [1.82, 2.24) is 5.32 Å². The van der Waals surface area contributed by atoms with Gasteiger partial charge in [-0.2, -0.15) is 0 Å². The van der Waals surface area contributed by atoms with Crippen LogP contribution in [0.1, 0.15) is 12.8 Å². The van der Waals surface area contributed by atoms with Crippen LogP contribution in [-0.2, 0) is 4.79 Å². The summed E-state index contributed by atoms with van der Waals surface area (Å²) in [5.41, 5.74) is 0.656. The van der Waals surface area contributed by atoms with Crippen molar-refractivity contribution < 1.29 is 9.53 Å². The molecule has 0 aromatic heterocycles. The van der Waals surface area contributed by atoms with Crippen molar-refractivity contribution >= 4 is 23.2 Å². The highest BCUT2D eigenvalue weighted by molar-refractivity contribution is 6.32. The lowest BCUT2D eigenvalue weighted by molar-refractivity contribution is -0.120. The molecular weight excluding hydrogens is 312 g/mol. The molecule has 0 aliphatic carbocycles. The smallest absolute Gasteiger partial charge is 0.228 e. The highest BCUT2D eigenvalue weighted by Gasteiger charge is 2.21. The first kappa shape index (κ1) is 15.8. The first-order valence-corrected chi connectivity index (χ1v) is 8.15. The quantitative estimate of drug-likeness (QED) is 0.888. The van der Waals surface area contributed by atoms with Crippen LogP contribution < -0.4 is 15.4 Å². The second-order valence-corrected chi connectivity index (χ2v) is 5.97. The maximum Gasteiger partial charge on any atom is 0.228 e. The van der Waals surface area contributed by atoms with Crippen LogP contribution in [0.5, 0.6) is 11.5 Å². The van der Waals surface area contributed by atoms with Gasteiger partial charge in [-0.05, 0) is 43.7 Å². The van der Waals surface area contributed by atoms with E-state index >= 15 is 0 Å². The summed E-state index contributed by atoms with van der Waals surface area (Å²) in [5, 5.41) is 6.76. The number of amides is 1. The van der Waals surface area contributed by atoms with Crippen molar-refractivity contribution in [3.05, 3.63) is 53.6 Å². The average Bonchev–Trinajstić information content (AvgIpc) is 2.59. The van der Waals surface area contributed by atoms with Crippen LogP contribution in [0.3, 0.4) is 0 Å². The van der Waals surface area contributed by atoms with E-state index in [1.165, 1.54) is 0 Å². The van der Waals surface area contributed by atoms with E-state index in [1.54, 1.807) is 12.1 Å². The Hall–Kier alpha value is -2.04. The summed E-state index contributed by atoms with van der Waals surface area (Å²) in [4.78, 5) is 12.4. The molecule has 1 aliphatic rings. The molecule has 2 N–H and O–H groups in total. The summed E-state index contributed by atoms with van der Waals surface area (Å²) in [5.74, 6) is 1.16. The van der Waals surface area contributed by atoms with E-state index in [1.807, 2.05) is 36.4 Å². The van der Waals surface area contributed by atoms with E-state index in [2.05, 4.69) is 10.6 Å². The molecule has 1 atom stereocenters. The lowest BCUT2D eigenvalue weighted by Gasteiger charge is -2.22. The molecule has 0 bridgehead atoms. The number of carbonyl (C=O) groups is 1. The van der Waals surface area contributed by atoms with Gasteiger partial charge in [0.15, 0.2) is 5.75 Å². The Balaban J connectivity index is 1.75. The molecule has 1 fully saturated rings. The third-order valence-electron chi connectivity index (χ3n) is 3.87. The molecule has 4 nitrogen and oxygen atoms in total. The van der Waals surface area contributed by atoms with Crippen molar-refractivity contribution in [2.75, 3.05) is 18.4 Å². The lowest BCUT2D eigenvalue weighted by atomic mass is 9.99. The number of benzene rings is 2. The Morgan fingerprint density at radius 3 is 2.61 bits per heavy atom. The largest absolute Gasteiger partial charge is 0.454 e. The Labute approximate surface area is 140 Å². The number of nitrogens with one attached hydrogen (secondary N) is 2. The molecule has 23 heavy (non-hydrogen) atoms. The molecule has 1 amide bonds. The molecule has 1 saturated heterocycles. The molecule has 2 aromatic rings. The molecule has 1 aliphatic heterocycles. The normalized spacial score (nSPS) is 17.5. The zero-order chi connectivity index (χ0) is 16.1. The molecule has 3 rings (SSSR count). The van der Waals surface area contributed by atoms with Gasteiger partial charge in [0.2, 0.25) is 5.91 Å². The van der Waals surface area contributed by atoms with Crippen molar-refractivity contribution in [2.24, 2.45) is 5.92 Å². The second-order valence-electron chi connectivity index (χ2n) is 5.56. The molecule has 0 radical (unpaired) electrons. The summed E-state index contributed by atoms with van der Waals surface area (Å²) in [6.07, 6.45) is 1.93. The van der Waals surface area contributed by atoms with Gasteiger partial charge in [0.1, 0.15) is 5.75 Å². The van der Waals surface area contributed by atoms with E-state index in [0.717, 1.165) is 25.9 Å². The van der Waals surface area contributed by atoms with Crippen molar-refractivity contribution in [1.29, 1.82) is 0 Å². The number of hydrogen-bond donors (Lipinski definition) is 2. The lowest BCUT2D eigenvalue weighted by Crippen LogP contribution is -2.37. The predicted octanol–water partition coefficient (Wildman–Crippen LogP) is 4.07. The summed E-state index contributed by atoms with van der Waals surface area (Å²) in [6.45, 7) is 1.70. The number of para-hydroxylation sites is 3. The molecule has 5 heteroatoms. The van der Waals surface area contributed by atoms with Crippen LogP contribution in [-0.4, -0.2) is 19.0 Å². The van der Waals surface area contributed by atoms with Crippen LogP contribution in [0.25, 0.3) is 0 Å². The Bertz CT molecular complexity index is 684. The van der Waals surface area contributed by atoms with Gasteiger partial charge >= 0.3 is 0 Å². The van der Waals surface area contributed by atoms with Gasteiger partial charge in [-0.15, -0.1) is 0 Å². The molecule has 2 aromatic carbocycles. The van der Waals surface area contributed by atoms with E-state index in [0.29, 0.717) is 22.2 Å². The van der Waals surface area contributed by atoms with Crippen LogP contribution in [0.4, 0.5) is 5.69 Å². The van der Waals surface area contributed by atoms with Crippen LogP contribution in [0.15, 0.2) is 48.5 Å². The number of anilines is 1. The molecule has 1 unspecified atom stereocenters. The minimum absolute atomic E-state index is 0.00267. The number of hydrogen-bond acceptors (Lipinski definition) is 3. The maximum atomic E-state index is 12.4. The third-order valence-corrected chi connectivity index (χ3v) is 4.18. The van der Waals surface area contributed by atoms with Crippen LogP contribution >= 0.6 is 11.6 Å². The molecule has 1 heterocycles. The Morgan fingerprint density at radius 1 is 1.13 bits per heavy atom. The third kappa shape index (κ3) is 4.03. The van der Waals surface area contributed by atoms with Crippen LogP contribution in [0.2, 0.25) is 5.02 Å². The van der Waals surface area contributed by atoms with E-state index in [9.17, 15) is 4.79 Å². The summed E-state index contributed by atoms with van der Waals surface area (Å²) >= 11 is 6.13. The fraction of sp³-hybridized carbons (Fsp3) is 0.278. The van der Waals surface area contributed by atoms with Gasteiger partial charge in [0.05, 0.1) is 16.6 Å². The van der Waals surface area contributed by atoms with Crippen LogP contribution in [0, 0.1) is 5.92 Å². The highest BCUT2D eigenvalue weighted by Crippen LogP contribution is 2.33. The fourth-order valence-electron chi connectivity index (χ4n) is 2.62. The second kappa shape index (κ2) is 7.49. The van der Waals surface area contributed by atoms with Crippen molar-refractivity contribution in [2.45, 2.75) is 12.8 Å². The maximum absolute atomic E-state index is 12.4. The highest BCUT2D eigenvalue weighted by atomic mass is 35.5. The van der Waals surface area contributed by atoms with E-state index < -0.39 is 0 Å². The number of carbonyl (C=O) groups excluding carboxylic acids is 1. The van der Waals surface area contributed by atoms with Gasteiger partial charge in [-0.25, -0.2) is 0 Å². The fourth-order valence-corrected chi connectivity index (χ4v) is 2.79. The minimum Gasteiger partial charge on any atom is -0.454 e. The molecule has 0 saturated carbocycles. The first-order valence-electron chi connectivity index (χ1n) is 7.77. The Morgan fingerprint density at radius 2 is 1.87 bits per heavy atom. The summed E-state index contributed by atoms with van der Waals surface area (Å²) in [7, 11) is 0. The van der Waals surface area contributed by atoms with Crippen molar-refractivity contribution in [3.8, 4) is 11.5 Å². The number of piperidine rings is 1. The van der Waals surface area contributed by atoms with Gasteiger partial charge < -0.3 is 15.4 Å². The average molecular weight is 331 g/mol. The molecule has 0 spiro atoms.